The Morgan fingerprint density at radius 3 is 2.47 bits per heavy atom. The predicted molar refractivity (Wildman–Crippen MR) is 83.8 cm³/mol. The molecule has 100 valence electrons. The third-order valence-electron chi connectivity index (χ3n) is 3.22. The molecule has 0 amide bonds. The van der Waals surface area contributed by atoms with Crippen LogP contribution in [0.3, 0.4) is 0 Å². The second kappa shape index (κ2) is 6.27. The van der Waals surface area contributed by atoms with E-state index in [-0.39, 0.29) is 6.04 Å². The van der Waals surface area contributed by atoms with Crippen LogP contribution in [-0.2, 0) is 6.42 Å². The second-order valence-corrected chi connectivity index (χ2v) is 6.25. The Morgan fingerprint density at radius 1 is 1.05 bits per heavy atom. The van der Waals surface area contributed by atoms with E-state index in [4.69, 9.17) is 5.73 Å². The van der Waals surface area contributed by atoms with E-state index in [1.165, 1.54) is 26.5 Å². The van der Waals surface area contributed by atoms with Gasteiger partial charge in [0.15, 0.2) is 0 Å². The fraction of sp³-hybridized carbons (Fsp3) is 0.294. The van der Waals surface area contributed by atoms with Crippen LogP contribution in [0.1, 0.15) is 23.6 Å². The summed E-state index contributed by atoms with van der Waals surface area (Å²) in [5.74, 6) is 0. The van der Waals surface area contributed by atoms with E-state index in [0.29, 0.717) is 0 Å². The van der Waals surface area contributed by atoms with Crippen molar-refractivity contribution >= 4 is 11.8 Å². The molecule has 2 aromatic rings. The maximum absolute atomic E-state index is 5.92. The summed E-state index contributed by atoms with van der Waals surface area (Å²) in [5.41, 5.74) is 9.94. The van der Waals surface area contributed by atoms with E-state index in [1.807, 2.05) is 11.8 Å². The minimum atomic E-state index is 0.196. The van der Waals surface area contributed by atoms with Crippen molar-refractivity contribution in [3.63, 3.8) is 0 Å². The first-order chi connectivity index (χ1) is 9.06. The molecule has 0 aromatic heterocycles. The molecule has 0 radical (unpaired) electrons. The van der Waals surface area contributed by atoms with Gasteiger partial charge < -0.3 is 5.73 Å². The van der Waals surface area contributed by atoms with Gasteiger partial charge in [-0.1, -0.05) is 36.0 Å². The average Bonchev–Trinajstić information content (AvgIpc) is 2.36. The summed E-state index contributed by atoms with van der Waals surface area (Å²) in [6.07, 6.45) is 0.925. The van der Waals surface area contributed by atoms with Crippen molar-refractivity contribution in [2.75, 3.05) is 0 Å². The summed E-state index contributed by atoms with van der Waals surface area (Å²) < 4.78 is 0. The maximum atomic E-state index is 5.92. The Bertz CT molecular complexity index is 561. The van der Waals surface area contributed by atoms with Gasteiger partial charge in [0.2, 0.25) is 0 Å². The molecule has 0 saturated carbocycles. The van der Waals surface area contributed by atoms with E-state index in [1.54, 1.807) is 0 Å². The molecular weight excluding hydrogens is 250 g/mol. The first kappa shape index (κ1) is 14.2. The average molecular weight is 271 g/mol. The number of nitrogens with two attached hydrogens (primary N) is 1. The highest BCUT2D eigenvalue weighted by molar-refractivity contribution is 7.99. The predicted octanol–water partition coefficient (Wildman–Crippen LogP) is 4.34. The first-order valence-corrected chi connectivity index (χ1v) is 7.46. The van der Waals surface area contributed by atoms with Crippen LogP contribution in [0.5, 0.6) is 0 Å². The molecule has 0 aliphatic carbocycles. The largest absolute Gasteiger partial charge is 0.328 e. The Balaban J connectivity index is 2.25. The van der Waals surface area contributed by atoms with Crippen LogP contribution >= 0.6 is 11.8 Å². The third-order valence-corrected chi connectivity index (χ3v) is 4.33. The first-order valence-electron chi connectivity index (χ1n) is 6.65. The van der Waals surface area contributed by atoms with Crippen molar-refractivity contribution in [3.8, 4) is 0 Å². The minimum absolute atomic E-state index is 0.196. The molecule has 0 spiro atoms. The molecule has 2 rings (SSSR count). The summed E-state index contributed by atoms with van der Waals surface area (Å²) in [4.78, 5) is 2.60. The van der Waals surface area contributed by atoms with Gasteiger partial charge in [-0.3, -0.25) is 0 Å². The lowest BCUT2D eigenvalue weighted by Gasteiger charge is -2.12. The molecule has 19 heavy (non-hydrogen) atoms. The highest BCUT2D eigenvalue weighted by Crippen LogP contribution is 2.31. The van der Waals surface area contributed by atoms with Crippen LogP contribution in [0.25, 0.3) is 0 Å². The van der Waals surface area contributed by atoms with Crippen LogP contribution < -0.4 is 5.73 Å². The van der Waals surface area contributed by atoms with Gasteiger partial charge in [-0.15, -0.1) is 0 Å². The maximum Gasteiger partial charge on any atom is 0.0154 e. The molecular formula is C17H21NS. The number of hydrogen-bond acceptors (Lipinski definition) is 2. The molecule has 2 aromatic carbocycles. The quantitative estimate of drug-likeness (QED) is 0.895. The zero-order valence-corrected chi connectivity index (χ0v) is 12.6. The summed E-state index contributed by atoms with van der Waals surface area (Å²) >= 11 is 1.82. The van der Waals surface area contributed by atoms with Crippen molar-refractivity contribution in [1.82, 2.24) is 0 Å². The van der Waals surface area contributed by atoms with Crippen molar-refractivity contribution in [2.24, 2.45) is 5.73 Å². The Labute approximate surface area is 120 Å². The SMILES string of the molecule is Cc1ccc(Sc2ccccc2CC(C)N)cc1C. The van der Waals surface area contributed by atoms with E-state index < -0.39 is 0 Å². The van der Waals surface area contributed by atoms with E-state index in [0.717, 1.165) is 6.42 Å². The lowest BCUT2D eigenvalue weighted by atomic mass is 10.1. The zero-order chi connectivity index (χ0) is 13.8. The van der Waals surface area contributed by atoms with Crippen LogP contribution in [0.4, 0.5) is 0 Å². The van der Waals surface area contributed by atoms with Gasteiger partial charge in [-0.05, 0) is 62.1 Å². The lowest BCUT2D eigenvalue weighted by Crippen LogP contribution is -2.18. The van der Waals surface area contributed by atoms with Gasteiger partial charge in [0.1, 0.15) is 0 Å². The molecule has 0 bridgehead atoms. The lowest BCUT2D eigenvalue weighted by molar-refractivity contribution is 0.729. The minimum Gasteiger partial charge on any atom is -0.328 e. The molecule has 0 aliphatic rings. The Morgan fingerprint density at radius 2 is 1.79 bits per heavy atom. The topological polar surface area (TPSA) is 26.0 Å². The smallest absolute Gasteiger partial charge is 0.0154 e. The van der Waals surface area contributed by atoms with Gasteiger partial charge in [0.05, 0.1) is 0 Å². The van der Waals surface area contributed by atoms with E-state index in [2.05, 4.69) is 63.2 Å². The molecule has 2 heteroatoms. The highest BCUT2D eigenvalue weighted by atomic mass is 32.2. The fourth-order valence-electron chi connectivity index (χ4n) is 2.02. The molecule has 0 saturated heterocycles. The van der Waals surface area contributed by atoms with Gasteiger partial charge in [-0.25, -0.2) is 0 Å². The Hall–Kier alpha value is -1.25. The monoisotopic (exact) mass is 271 g/mol. The van der Waals surface area contributed by atoms with E-state index >= 15 is 0 Å². The van der Waals surface area contributed by atoms with Gasteiger partial charge in [-0.2, -0.15) is 0 Å². The van der Waals surface area contributed by atoms with E-state index in [9.17, 15) is 0 Å². The molecule has 0 fully saturated rings. The number of hydrogen-bond donors (Lipinski definition) is 1. The van der Waals surface area contributed by atoms with Gasteiger partial charge >= 0.3 is 0 Å². The van der Waals surface area contributed by atoms with Crippen molar-refractivity contribution in [2.45, 2.75) is 43.0 Å². The number of rotatable bonds is 4. The number of benzene rings is 2. The van der Waals surface area contributed by atoms with Gasteiger partial charge in [0, 0.05) is 15.8 Å². The fourth-order valence-corrected chi connectivity index (χ4v) is 3.08. The zero-order valence-electron chi connectivity index (χ0n) is 11.8. The van der Waals surface area contributed by atoms with Crippen molar-refractivity contribution < 1.29 is 0 Å². The molecule has 0 heterocycles. The second-order valence-electron chi connectivity index (χ2n) is 5.14. The highest BCUT2D eigenvalue weighted by Gasteiger charge is 2.06. The van der Waals surface area contributed by atoms with Crippen molar-refractivity contribution in [1.29, 1.82) is 0 Å². The summed E-state index contributed by atoms with van der Waals surface area (Å²) in [6.45, 7) is 6.36. The van der Waals surface area contributed by atoms with Crippen molar-refractivity contribution in [3.05, 3.63) is 59.2 Å². The van der Waals surface area contributed by atoms with Crippen LogP contribution in [0, 0.1) is 13.8 Å². The van der Waals surface area contributed by atoms with Crippen LogP contribution in [0.15, 0.2) is 52.3 Å². The van der Waals surface area contributed by atoms with Gasteiger partial charge in [0.25, 0.3) is 0 Å². The normalized spacial score (nSPS) is 12.4. The molecule has 1 atom stereocenters. The summed E-state index contributed by atoms with van der Waals surface area (Å²) in [7, 11) is 0. The standard InChI is InChI=1S/C17H21NS/c1-12-8-9-16(10-13(12)2)19-17-7-5-4-6-15(17)11-14(3)18/h4-10,14H,11,18H2,1-3H3. The molecule has 0 aliphatic heterocycles. The third kappa shape index (κ3) is 3.85. The molecule has 2 N–H and O–H groups in total. The van der Waals surface area contributed by atoms with Crippen LogP contribution in [-0.4, -0.2) is 6.04 Å². The van der Waals surface area contributed by atoms with Crippen LogP contribution in [0.2, 0.25) is 0 Å². The summed E-state index contributed by atoms with van der Waals surface area (Å²) in [5, 5.41) is 0. The molecule has 1 unspecified atom stereocenters. The number of aryl methyl sites for hydroxylation is 2. The Kier molecular flexibility index (Phi) is 4.67. The summed E-state index contributed by atoms with van der Waals surface area (Å²) in [6, 6.07) is 15.4. The molecule has 1 nitrogen and oxygen atoms in total.